The van der Waals surface area contributed by atoms with Crippen LogP contribution in [0.1, 0.15) is 12.8 Å². The maximum atomic E-state index is 13.9. The molecule has 134 valence electrons. The Morgan fingerprint density at radius 1 is 1.19 bits per heavy atom. The minimum absolute atomic E-state index is 0.00595. The van der Waals surface area contributed by atoms with Crippen molar-refractivity contribution < 1.29 is 13.6 Å². The molecule has 0 radical (unpaired) electrons. The van der Waals surface area contributed by atoms with Gasteiger partial charge in [-0.3, -0.25) is 4.79 Å². The van der Waals surface area contributed by atoms with Crippen LogP contribution in [0, 0.1) is 11.7 Å². The standard InChI is InChI=1S/C19H17ClFN3O2/c20-13-4-3-6-15(17(13)21)22-18(25)12-8-10-24(11-9-12)19-23-14-5-1-2-7-16(14)26-19/h1-7,12H,8-11H2,(H,22,25). The number of hydrogen-bond acceptors (Lipinski definition) is 4. The lowest BCUT2D eigenvalue weighted by Gasteiger charge is -2.30. The third kappa shape index (κ3) is 3.24. The molecule has 0 aliphatic carbocycles. The van der Waals surface area contributed by atoms with Crippen LogP contribution < -0.4 is 10.2 Å². The summed E-state index contributed by atoms with van der Waals surface area (Å²) in [5.74, 6) is -0.983. The van der Waals surface area contributed by atoms with Gasteiger partial charge in [0, 0.05) is 19.0 Å². The Morgan fingerprint density at radius 3 is 2.73 bits per heavy atom. The Morgan fingerprint density at radius 2 is 1.96 bits per heavy atom. The topological polar surface area (TPSA) is 58.4 Å². The van der Waals surface area contributed by atoms with E-state index in [-0.39, 0.29) is 22.5 Å². The highest BCUT2D eigenvalue weighted by Crippen LogP contribution is 2.28. The van der Waals surface area contributed by atoms with Crippen molar-refractivity contribution in [2.75, 3.05) is 23.3 Å². The molecule has 0 bridgehead atoms. The number of hydrogen-bond donors (Lipinski definition) is 1. The summed E-state index contributed by atoms with van der Waals surface area (Å²) in [6, 6.07) is 12.7. The minimum Gasteiger partial charge on any atom is -0.423 e. The average molecular weight is 374 g/mol. The highest BCUT2D eigenvalue weighted by atomic mass is 35.5. The molecule has 3 aromatic rings. The van der Waals surface area contributed by atoms with Gasteiger partial charge in [0.05, 0.1) is 10.7 Å². The monoisotopic (exact) mass is 373 g/mol. The fraction of sp³-hybridized carbons (Fsp3) is 0.263. The molecular weight excluding hydrogens is 357 g/mol. The maximum absolute atomic E-state index is 13.9. The minimum atomic E-state index is -0.605. The van der Waals surface area contributed by atoms with Crippen molar-refractivity contribution in [1.29, 1.82) is 0 Å². The zero-order chi connectivity index (χ0) is 18.1. The molecule has 1 fully saturated rings. The molecule has 2 aromatic carbocycles. The molecular formula is C19H17ClFN3O2. The van der Waals surface area contributed by atoms with E-state index >= 15 is 0 Å². The van der Waals surface area contributed by atoms with E-state index in [2.05, 4.69) is 10.3 Å². The zero-order valence-corrected chi connectivity index (χ0v) is 14.7. The molecule has 5 nitrogen and oxygen atoms in total. The molecule has 7 heteroatoms. The van der Waals surface area contributed by atoms with Crippen LogP contribution in [0.25, 0.3) is 11.1 Å². The Labute approximate surface area is 154 Å². The fourth-order valence-electron chi connectivity index (χ4n) is 3.16. The van der Waals surface area contributed by atoms with Crippen molar-refractivity contribution in [1.82, 2.24) is 4.98 Å². The van der Waals surface area contributed by atoms with Gasteiger partial charge in [-0.1, -0.05) is 29.8 Å². The van der Waals surface area contributed by atoms with Crippen LogP contribution >= 0.6 is 11.6 Å². The number of nitrogens with one attached hydrogen (secondary N) is 1. The summed E-state index contributed by atoms with van der Waals surface area (Å²) >= 11 is 5.75. The molecule has 0 saturated carbocycles. The molecule has 2 heterocycles. The molecule has 1 aromatic heterocycles. The van der Waals surface area contributed by atoms with Gasteiger partial charge in [0.1, 0.15) is 5.52 Å². The van der Waals surface area contributed by atoms with Gasteiger partial charge < -0.3 is 14.6 Å². The third-order valence-corrected chi connectivity index (χ3v) is 4.92. The Hall–Kier alpha value is -2.60. The summed E-state index contributed by atoms with van der Waals surface area (Å²) in [6.45, 7) is 1.31. The Bertz CT molecular complexity index is 918. The van der Waals surface area contributed by atoms with Gasteiger partial charge in [0.15, 0.2) is 11.4 Å². The maximum Gasteiger partial charge on any atom is 0.298 e. The van der Waals surface area contributed by atoms with Crippen molar-refractivity contribution in [2.24, 2.45) is 5.92 Å². The van der Waals surface area contributed by atoms with Crippen LogP contribution in [-0.4, -0.2) is 24.0 Å². The number of anilines is 2. The summed E-state index contributed by atoms with van der Waals surface area (Å²) in [5, 5.41) is 2.63. The van der Waals surface area contributed by atoms with Crippen LogP contribution in [-0.2, 0) is 4.79 Å². The second-order valence-electron chi connectivity index (χ2n) is 6.32. The van der Waals surface area contributed by atoms with E-state index < -0.39 is 5.82 Å². The second-order valence-corrected chi connectivity index (χ2v) is 6.72. The van der Waals surface area contributed by atoms with Crippen molar-refractivity contribution in [3.63, 3.8) is 0 Å². The second kappa shape index (κ2) is 6.96. The smallest absolute Gasteiger partial charge is 0.298 e. The van der Waals surface area contributed by atoms with Gasteiger partial charge in [0.2, 0.25) is 5.91 Å². The average Bonchev–Trinajstić information content (AvgIpc) is 3.10. The summed E-state index contributed by atoms with van der Waals surface area (Å²) in [7, 11) is 0. The fourth-order valence-corrected chi connectivity index (χ4v) is 3.34. The number of amides is 1. The van der Waals surface area contributed by atoms with E-state index in [1.807, 2.05) is 29.2 Å². The molecule has 0 atom stereocenters. The number of oxazole rings is 1. The van der Waals surface area contributed by atoms with Gasteiger partial charge in [0.25, 0.3) is 6.01 Å². The summed E-state index contributed by atoms with van der Waals surface area (Å²) in [4.78, 5) is 19.0. The van der Waals surface area contributed by atoms with E-state index in [4.69, 9.17) is 16.0 Å². The molecule has 1 saturated heterocycles. The van der Waals surface area contributed by atoms with E-state index in [0.717, 1.165) is 11.1 Å². The quantitative estimate of drug-likeness (QED) is 0.735. The van der Waals surface area contributed by atoms with Crippen LogP contribution in [0.15, 0.2) is 46.9 Å². The number of carbonyl (C=O) groups is 1. The van der Waals surface area contributed by atoms with Gasteiger partial charge in [-0.15, -0.1) is 0 Å². The Kier molecular flexibility index (Phi) is 4.51. The van der Waals surface area contributed by atoms with E-state index in [1.165, 1.54) is 12.1 Å². The largest absolute Gasteiger partial charge is 0.423 e. The van der Waals surface area contributed by atoms with Crippen LogP contribution in [0.3, 0.4) is 0 Å². The number of rotatable bonds is 3. The summed E-state index contributed by atoms with van der Waals surface area (Å²) < 4.78 is 19.7. The molecule has 1 aliphatic heterocycles. The summed E-state index contributed by atoms with van der Waals surface area (Å²) in [6.07, 6.45) is 1.29. The first-order chi connectivity index (χ1) is 12.6. The first kappa shape index (κ1) is 16.8. The first-order valence-electron chi connectivity index (χ1n) is 8.47. The lowest BCUT2D eigenvalue weighted by Crippen LogP contribution is -2.38. The van der Waals surface area contributed by atoms with Gasteiger partial charge >= 0.3 is 0 Å². The van der Waals surface area contributed by atoms with Gasteiger partial charge in [-0.05, 0) is 37.1 Å². The third-order valence-electron chi connectivity index (χ3n) is 4.63. The number of halogens is 2. The number of fused-ring (bicyclic) bond motifs is 1. The normalized spacial score (nSPS) is 15.4. The van der Waals surface area contributed by atoms with Crippen LogP contribution in [0.2, 0.25) is 5.02 Å². The van der Waals surface area contributed by atoms with Gasteiger partial charge in [-0.2, -0.15) is 4.98 Å². The van der Waals surface area contributed by atoms with E-state index in [1.54, 1.807) is 6.07 Å². The SMILES string of the molecule is O=C(Nc1cccc(Cl)c1F)C1CCN(c2nc3ccccc3o2)CC1. The van der Waals surface area contributed by atoms with Gasteiger partial charge in [-0.25, -0.2) is 4.39 Å². The molecule has 0 spiro atoms. The van der Waals surface area contributed by atoms with E-state index in [9.17, 15) is 9.18 Å². The number of aromatic nitrogens is 1. The molecule has 26 heavy (non-hydrogen) atoms. The molecule has 1 N–H and O–H groups in total. The highest BCUT2D eigenvalue weighted by molar-refractivity contribution is 6.31. The van der Waals surface area contributed by atoms with Crippen LogP contribution in [0.4, 0.5) is 16.1 Å². The molecule has 1 amide bonds. The number of nitrogens with zero attached hydrogens (tertiary/aromatic N) is 2. The predicted molar refractivity (Wildman–Crippen MR) is 99.0 cm³/mol. The van der Waals surface area contributed by atoms with Crippen molar-refractivity contribution in [3.05, 3.63) is 53.3 Å². The first-order valence-corrected chi connectivity index (χ1v) is 8.85. The number of piperidine rings is 1. The lowest BCUT2D eigenvalue weighted by atomic mass is 9.96. The van der Waals surface area contributed by atoms with E-state index in [0.29, 0.717) is 31.9 Å². The van der Waals surface area contributed by atoms with Crippen molar-refractivity contribution in [2.45, 2.75) is 12.8 Å². The molecule has 4 rings (SSSR count). The predicted octanol–water partition coefficient (Wildman–Crippen LogP) is 4.48. The molecule has 0 unspecified atom stereocenters. The Balaban J connectivity index is 1.40. The highest BCUT2D eigenvalue weighted by Gasteiger charge is 2.27. The van der Waals surface area contributed by atoms with Crippen molar-refractivity contribution in [3.8, 4) is 0 Å². The lowest BCUT2D eigenvalue weighted by molar-refractivity contribution is -0.120. The van der Waals surface area contributed by atoms with Crippen molar-refractivity contribution >= 4 is 40.3 Å². The molecule has 1 aliphatic rings. The zero-order valence-electron chi connectivity index (χ0n) is 13.9. The number of benzene rings is 2. The number of carbonyl (C=O) groups excluding carboxylic acids is 1. The summed E-state index contributed by atoms with van der Waals surface area (Å²) in [5.41, 5.74) is 1.68. The number of para-hydroxylation sites is 2. The van der Waals surface area contributed by atoms with Crippen LogP contribution in [0.5, 0.6) is 0 Å².